The zero-order valence-corrected chi connectivity index (χ0v) is 12.5. The fraction of sp³-hybridized carbons (Fsp3) is 0.364. The summed E-state index contributed by atoms with van der Waals surface area (Å²) >= 11 is 5.98. The number of carbonyl (C=O) groups excluding carboxylic acids is 1. The van der Waals surface area contributed by atoms with Crippen LogP contribution in [0, 0.1) is 0 Å². The normalized spacial score (nSPS) is 11.5. The minimum atomic E-state index is -0.961. The minimum absolute atomic E-state index is 0. The van der Waals surface area contributed by atoms with Crippen molar-refractivity contribution in [1.82, 2.24) is 5.32 Å². The Morgan fingerprint density at radius 1 is 1.44 bits per heavy atom. The molecule has 0 aliphatic heterocycles. The molecule has 18 heavy (non-hydrogen) atoms. The third-order valence-corrected chi connectivity index (χ3v) is 3.11. The first-order chi connectivity index (χ1) is 8.02. The lowest BCUT2D eigenvalue weighted by Crippen LogP contribution is -2.25. The molecule has 0 radical (unpaired) electrons. The fourth-order valence-electron chi connectivity index (χ4n) is 1.35. The van der Waals surface area contributed by atoms with Crippen molar-refractivity contribution in [2.75, 3.05) is 25.2 Å². The fourth-order valence-corrected chi connectivity index (χ4v) is 2.29. The number of nitrogens with one attached hydrogen (secondary N) is 2. The second-order valence-corrected chi connectivity index (χ2v) is 5.44. The summed E-state index contributed by atoms with van der Waals surface area (Å²) in [4.78, 5) is 11.4. The predicted molar refractivity (Wildman–Crippen MR) is 79.0 cm³/mol. The number of halogens is 2. The molecule has 0 heterocycles. The monoisotopic (exact) mass is 310 g/mol. The largest absolute Gasteiger partial charge is 0.325 e. The van der Waals surface area contributed by atoms with Crippen molar-refractivity contribution in [2.45, 2.75) is 5.75 Å². The third-order valence-electron chi connectivity index (χ3n) is 2.03. The molecule has 0 saturated carbocycles. The van der Waals surface area contributed by atoms with Gasteiger partial charge in [-0.1, -0.05) is 11.6 Å². The van der Waals surface area contributed by atoms with Gasteiger partial charge >= 0.3 is 0 Å². The van der Waals surface area contributed by atoms with Crippen LogP contribution in [-0.4, -0.2) is 30.0 Å². The molecule has 1 atom stereocenters. The second kappa shape index (κ2) is 8.48. The van der Waals surface area contributed by atoms with Gasteiger partial charge in [-0.25, -0.2) is 0 Å². The number of hydrogen-bond acceptors (Lipinski definition) is 3. The number of benzene rings is 1. The molecule has 4 nitrogen and oxygen atoms in total. The molecule has 0 aromatic heterocycles. The van der Waals surface area contributed by atoms with Crippen molar-refractivity contribution >= 4 is 46.4 Å². The third kappa shape index (κ3) is 5.82. The van der Waals surface area contributed by atoms with E-state index in [-0.39, 0.29) is 24.9 Å². The van der Waals surface area contributed by atoms with Crippen molar-refractivity contribution in [3.63, 3.8) is 0 Å². The van der Waals surface area contributed by atoms with E-state index in [1.165, 1.54) is 0 Å². The lowest BCUT2D eigenvalue weighted by atomic mass is 10.2. The van der Waals surface area contributed by atoms with Gasteiger partial charge in [0.15, 0.2) is 0 Å². The standard InChI is InChI=1S/C11H15ClN2O2S.ClH/c1-13-6-11(15)14-9-3-4-10(12)8(5-9)7-17(2)16;/h3-5,13H,6-7H2,1-2H3,(H,14,15);1H. The summed E-state index contributed by atoms with van der Waals surface area (Å²) in [5.74, 6) is 0.257. The van der Waals surface area contributed by atoms with Crippen molar-refractivity contribution in [1.29, 1.82) is 0 Å². The minimum Gasteiger partial charge on any atom is -0.325 e. The Bertz CT molecular complexity index is 441. The maximum Gasteiger partial charge on any atom is 0.238 e. The van der Waals surface area contributed by atoms with Crippen LogP contribution in [0.4, 0.5) is 5.69 Å². The second-order valence-electron chi connectivity index (χ2n) is 3.60. The summed E-state index contributed by atoms with van der Waals surface area (Å²) in [6.07, 6.45) is 1.61. The Balaban J connectivity index is 0.00000289. The van der Waals surface area contributed by atoms with Gasteiger partial charge < -0.3 is 10.6 Å². The van der Waals surface area contributed by atoms with Gasteiger partial charge in [-0.2, -0.15) is 0 Å². The number of rotatable bonds is 5. The van der Waals surface area contributed by atoms with Crippen LogP contribution in [0.25, 0.3) is 0 Å². The molecule has 0 aliphatic carbocycles. The van der Waals surface area contributed by atoms with Crippen LogP contribution in [0.5, 0.6) is 0 Å². The summed E-state index contributed by atoms with van der Waals surface area (Å²) in [5, 5.41) is 6.05. The van der Waals surface area contributed by atoms with Gasteiger partial charge in [-0.15, -0.1) is 12.4 Å². The van der Waals surface area contributed by atoms with Crippen LogP contribution in [0.1, 0.15) is 5.56 Å². The zero-order chi connectivity index (χ0) is 12.8. The lowest BCUT2D eigenvalue weighted by molar-refractivity contribution is -0.115. The van der Waals surface area contributed by atoms with E-state index in [0.29, 0.717) is 16.5 Å². The Labute approximate surface area is 120 Å². The van der Waals surface area contributed by atoms with Gasteiger partial charge in [0.1, 0.15) is 0 Å². The molecular weight excluding hydrogens is 295 g/mol. The van der Waals surface area contributed by atoms with E-state index < -0.39 is 10.8 Å². The molecular formula is C11H16Cl2N2O2S. The summed E-state index contributed by atoms with van der Waals surface area (Å²) in [7, 11) is 0.741. The highest BCUT2D eigenvalue weighted by Crippen LogP contribution is 2.21. The predicted octanol–water partition coefficient (Wildman–Crippen LogP) is 1.80. The van der Waals surface area contributed by atoms with Gasteiger partial charge in [0.2, 0.25) is 5.91 Å². The van der Waals surface area contributed by atoms with E-state index in [2.05, 4.69) is 10.6 Å². The smallest absolute Gasteiger partial charge is 0.238 e. The van der Waals surface area contributed by atoms with Crippen molar-refractivity contribution in [3.8, 4) is 0 Å². The highest BCUT2D eigenvalue weighted by molar-refractivity contribution is 7.83. The van der Waals surface area contributed by atoms with Gasteiger partial charge in [0.05, 0.1) is 6.54 Å². The van der Waals surface area contributed by atoms with Crippen molar-refractivity contribution < 1.29 is 9.00 Å². The first-order valence-corrected chi connectivity index (χ1v) is 7.16. The SMILES string of the molecule is CNCC(=O)Nc1ccc(Cl)c(CS(C)=O)c1.Cl. The molecule has 102 valence electrons. The molecule has 0 spiro atoms. The first-order valence-electron chi connectivity index (χ1n) is 5.06. The summed E-state index contributed by atoms with van der Waals surface area (Å²) in [6, 6.07) is 5.16. The topological polar surface area (TPSA) is 58.2 Å². The van der Waals surface area contributed by atoms with Crippen LogP contribution in [0.15, 0.2) is 18.2 Å². The summed E-state index contributed by atoms with van der Waals surface area (Å²) in [6.45, 7) is 0.248. The molecule has 2 N–H and O–H groups in total. The maximum absolute atomic E-state index is 11.4. The van der Waals surface area contributed by atoms with Crippen LogP contribution >= 0.6 is 24.0 Å². The molecule has 0 aliphatic rings. The Kier molecular flexibility index (Phi) is 8.18. The molecule has 1 aromatic rings. The van der Waals surface area contributed by atoms with E-state index in [0.717, 1.165) is 5.56 Å². The van der Waals surface area contributed by atoms with Crippen LogP contribution in [0.2, 0.25) is 5.02 Å². The molecule has 7 heteroatoms. The number of amides is 1. The van der Waals surface area contributed by atoms with E-state index in [9.17, 15) is 9.00 Å². The van der Waals surface area contributed by atoms with Crippen LogP contribution in [0.3, 0.4) is 0 Å². The van der Waals surface area contributed by atoms with E-state index in [1.807, 2.05) is 0 Å². The van der Waals surface area contributed by atoms with Gasteiger partial charge in [0, 0.05) is 33.5 Å². The van der Waals surface area contributed by atoms with E-state index >= 15 is 0 Å². The van der Waals surface area contributed by atoms with Gasteiger partial charge in [0.25, 0.3) is 0 Å². The number of carbonyl (C=O) groups is 1. The molecule has 0 saturated heterocycles. The van der Waals surface area contributed by atoms with Gasteiger partial charge in [-0.3, -0.25) is 9.00 Å². The zero-order valence-electron chi connectivity index (χ0n) is 10.2. The van der Waals surface area contributed by atoms with Crippen molar-refractivity contribution in [2.24, 2.45) is 0 Å². The highest BCUT2D eigenvalue weighted by atomic mass is 35.5. The van der Waals surface area contributed by atoms with Crippen LogP contribution < -0.4 is 10.6 Å². The summed E-state index contributed by atoms with van der Waals surface area (Å²) in [5.41, 5.74) is 1.44. The Morgan fingerprint density at radius 2 is 2.11 bits per heavy atom. The molecule has 1 aromatic carbocycles. The summed E-state index contributed by atoms with van der Waals surface area (Å²) < 4.78 is 11.2. The van der Waals surface area contributed by atoms with E-state index in [4.69, 9.17) is 11.6 Å². The molecule has 1 rings (SSSR count). The van der Waals surface area contributed by atoms with Crippen molar-refractivity contribution in [3.05, 3.63) is 28.8 Å². The Hall–Kier alpha value is -0.620. The molecule has 0 fully saturated rings. The average Bonchev–Trinajstić information content (AvgIpc) is 2.22. The molecule has 1 amide bonds. The lowest BCUT2D eigenvalue weighted by Gasteiger charge is -2.08. The first kappa shape index (κ1) is 17.4. The van der Waals surface area contributed by atoms with E-state index in [1.54, 1.807) is 31.5 Å². The quantitative estimate of drug-likeness (QED) is 0.872. The number of anilines is 1. The highest BCUT2D eigenvalue weighted by Gasteiger charge is 2.06. The molecule has 0 bridgehead atoms. The average molecular weight is 311 g/mol. The number of hydrogen-bond donors (Lipinski definition) is 2. The molecule has 1 unspecified atom stereocenters. The van der Waals surface area contributed by atoms with Crippen LogP contribution in [-0.2, 0) is 21.3 Å². The van der Waals surface area contributed by atoms with Gasteiger partial charge in [-0.05, 0) is 30.8 Å². The number of likely N-dealkylation sites (N-methyl/N-ethyl adjacent to an activating group) is 1. The Morgan fingerprint density at radius 3 is 2.67 bits per heavy atom. The maximum atomic E-state index is 11.4.